The zero-order valence-electron chi connectivity index (χ0n) is 13.8. The largest absolute Gasteiger partial charge is 0.483 e. The molecule has 2 amide bonds. The van der Waals surface area contributed by atoms with Gasteiger partial charge in [0.15, 0.2) is 6.61 Å². The number of para-hydroxylation sites is 1. The molecule has 23 heavy (non-hydrogen) atoms. The molecule has 1 atom stereocenters. The molecule has 1 aromatic rings. The Labute approximate surface area is 143 Å². The van der Waals surface area contributed by atoms with Gasteiger partial charge < -0.3 is 21.1 Å². The van der Waals surface area contributed by atoms with Gasteiger partial charge in [-0.25, -0.2) is 0 Å². The van der Waals surface area contributed by atoms with Crippen LogP contribution in [0.5, 0.6) is 5.75 Å². The van der Waals surface area contributed by atoms with Crippen molar-refractivity contribution in [1.29, 1.82) is 0 Å². The Morgan fingerprint density at radius 1 is 1.26 bits per heavy atom. The summed E-state index contributed by atoms with van der Waals surface area (Å²) < 4.78 is 5.29. The fraction of sp³-hybridized carbons (Fsp3) is 0.500. The van der Waals surface area contributed by atoms with Crippen LogP contribution in [0.25, 0.3) is 0 Å². The summed E-state index contributed by atoms with van der Waals surface area (Å²) in [5, 5.41) is 0. The number of primary amides is 1. The van der Waals surface area contributed by atoms with Crippen molar-refractivity contribution >= 4 is 24.2 Å². The predicted molar refractivity (Wildman–Crippen MR) is 92.8 cm³/mol. The Hall–Kier alpha value is -1.79. The monoisotopic (exact) mass is 343 g/mol. The smallest absolute Gasteiger partial charge is 0.257 e. The molecule has 0 heterocycles. The maximum atomic E-state index is 12.5. The third kappa shape index (κ3) is 6.88. The molecule has 1 rings (SSSR count). The van der Waals surface area contributed by atoms with Gasteiger partial charge in [-0.2, -0.15) is 0 Å². The lowest BCUT2D eigenvalue weighted by Crippen LogP contribution is -2.34. The highest BCUT2D eigenvalue weighted by Crippen LogP contribution is 2.19. The molecule has 0 aromatic heterocycles. The van der Waals surface area contributed by atoms with E-state index in [1.165, 1.54) is 0 Å². The zero-order valence-corrected chi connectivity index (χ0v) is 14.6. The van der Waals surface area contributed by atoms with E-state index in [2.05, 4.69) is 13.8 Å². The fourth-order valence-electron chi connectivity index (χ4n) is 1.90. The lowest BCUT2D eigenvalue weighted by atomic mass is 10.0. The maximum Gasteiger partial charge on any atom is 0.257 e. The number of benzene rings is 1. The van der Waals surface area contributed by atoms with E-state index in [1.807, 2.05) is 0 Å². The SMILES string of the molecule is CC(C)C(N)CCN(C)C(=O)c1ccccc1OCC(N)=O.Cl. The van der Waals surface area contributed by atoms with Gasteiger partial charge in [-0.15, -0.1) is 12.4 Å². The number of rotatable bonds is 8. The van der Waals surface area contributed by atoms with Gasteiger partial charge in [0, 0.05) is 19.6 Å². The molecule has 0 saturated heterocycles. The molecular formula is C16H26ClN3O3. The van der Waals surface area contributed by atoms with Crippen LogP contribution in [0.15, 0.2) is 24.3 Å². The third-order valence-electron chi connectivity index (χ3n) is 3.49. The maximum absolute atomic E-state index is 12.5. The summed E-state index contributed by atoms with van der Waals surface area (Å²) in [6.07, 6.45) is 0.726. The van der Waals surface area contributed by atoms with Crippen molar-refractivity contribution in [3.05, 3.63) is 29.8 Å². The van der Waals surface area contributed by atoms with E-state index >= 15 is 0 Å². The van der Waals surface area contributed by atoms with Crippen molar-refractivity contribution in [2.24, 2.45) is 17.4 Å². The first-order valence-corrected chi connectivity index (χ1v) is 7.34. The number of carbonyl (C=O) groups is 2. The molecule has 1 unspecified atom stereocenters. The summed E-state index contributed by atoms with van der Waals surface area (Å²) in [6.45, 7) is 4.41. The Kier molecular flexibility index (Phi) is 9.29. The minimum Gasteiger partial charge on any atom is -0.483 e. The first kappa shape index (κ1) is 21.2. The van der Waals surface area contributed by atoms with E-state index in [0.29, 0.717) is 23.8 Å². The number of hydrogen-bond acceptors (Lipinski definition) is 4. The molecule has 6 nitrogen and oxygen atoms in total. The average Bonchev–Trinajstić information content (AvgIpc) is 2.49. The Bertz CT molecular complexity index is 523. The molecule has 1 aromatic carbocycles. The standard InChI is InChI=1S/C16H25N3O3.ClH/c1-11(2)13(17)8-9-19(3)16(21)12-6-4-5-7-14(12)22-10-15(18)20;/h4-7,11,13H,8-10,17H2,1-3H3,(H2,18,20);1H. The van der Waals surface area contributed by atoms with E-state index in [0.717, 1.165) is 6.42 Å². The summed E-state index contributed by atoms with van der Waals surface area (Å²) in [4.78, 5) is 24.9. The van der Waals surface area contributed by atoms with Gasteiger partial charge in [-0.3, -0.25) is 9.59 Å². The quantitative estimate of drug-likeness (QED) is 0.745. The highest BCUT2D eigenvalue weighted by Gasteiger charge is 2.18. The van der Waals surface area contributed by atoms with Crippen LogP contribution in [-0.2, 0) is 4.79 Å². The predicted octanol–water partition coefficient (Wildman–Crippen LogP) is 1.42. The van der Waals surface area contributed by atoms with Crippen LogP contribution in [0.3, 0.4) is 0 Å². The van der Waals surface area contributed by atoms with Crippen LogP contribution in [0.4, 0.5) is 0 Å². The molecule has 0 saturated carbocycles. The van der Waals surface area contributed by atoms with Crippen LogP contribution in [0.2, 0.25) is 0 Å². The fourth-order valence-corrected chi connectivity index (χ4v) is 1.90. The molecule has 7 heteroatoms. The van der Waals surface area contributed by atoms with Gasteiger partial charge in [0.25, 0.3) is 11.8 Å². The molecule has 0 aliphatic rings. The summed E-state index contributed by atoms with van der Waals surface area (Å²) in [5.74, 6) is -0.0319. The molecule has 130 valence electrons. The van der Waals surface area contributed by atoms with Crippen molar-refractivity contribution in [2.75, 3.05) is 20.2 Å². The second-order valence-electron chi connectivity index (χ2n) is 5.67. The minimum absolute atomic E-state index is 0. The minimum atomic E-state index is -0.585. The first-order chi connectivity index (χ1) is 10.3. The topological polar surface area (TPSA) is 98.7 Å². The van der Waals surface area contributed by atoms with E-state index in [9.17, 15) is 9.59 Å². The van der Waals surface area contributed by atoms with Crippen LogP contribution >= 0.6 is 12.4 Å². The van der Waals surface area contributed by atoms with Gasteiger partial charge in [0.1, 0.15) is 5.75 Å². The number of amides is 2. The van der Waals surface area contributed by atoms with Crippen molar-refractivity contribution in [1.82, 2.24) is 4.90 Å². The van der Waals surface area contributed by atoms with E-state index < -0.39 is 5.91 Å². The molecule has 0 radical (unpaired) electrons. The normalized spacial score (nSPS) is 11.5. The number of hydrogen-bond donors (Lipinski definition) is 2. The van der Waals surface area contributed by atoms with Crippen LogP contribution in [-0.4, -0.2) is 43.0 Å². The summed E-state index contributed by atoms with van der Waals surface area (Å²) in [7, 11) is 1.72. The zero-order chi connectivity index (χ0) is 16.7. The lowest BCUT2D eigenvalue weighted by Gasteiger charge is -2.22. The van der Waals surface area contributed by atoms with E-state index in [-0.39, 0.29) is 31.0 Å². The summed E-state index contributed by atoms with van der Waals surface area (Å²) >= 11 is 0. The van der Waals surface area contributed by atoms with Crippen LogP contribution < -0.4 is 16.2 Å². The number of ether oxygens (including phenoxy) is 1. The van der Waals surface area contributed by atoms with Gasteiger partial charge >= 0.3 is 0 Å². The Morgan fingerprint density at radius 2 is 1.87 bits per heavy atom. The van der Waals surface area contributed by atoms with Crippen molar-refractivity contribution < 1.29 is 14.3 Å². The molecule has 0 spiro atoms. The van der Waals surface area contributed by atoms with Crippen molar-refractivity contribution in [3.63, 3.8) is 0 Å². The van der Waals surface area contributed by atoms with Gasteiger partial charge in [-0.1, -0.05) is 26.0 Å². The van der Waals surface area contributed by atoms with Gasteiger partial charge in [-0.05, 0) is 24.5 Å². The second-order valence-corrected chi connectivity index (χ2v) is 5.67. The Morgan fingerprint density at radius 3 is 2.43 bits per heavy atom. The number of carbonyl (C=O) groups excluding carboxylic acids is 2. The lowest BCUT2D eigenvalue weighted by molar-refractivity contribution is -0.119. The molecule has 0 bridgehead atoms. The van der Waals surface area contributed by atoms with Crippen molar-refractivity contribution in [2.45, 2.75) is 26.3 Å². The summed E-state index contributed by atoms with van der Waals surface area (Å²) in [6, 6.07) is 6.85. The first-order valence-electron chi connectivity index (χ1n) is 7.34. The summed E-state index contributed by atoms with van der Waals surface area (Å²) in [5.41, 5.74) is 11.5. The van der Waals surface area contributed by atoms with Crippen molar-refractivity contribution in [3.8, 4) is 5.75 Å². The number of nitrogens with zero attached hydrogens (tertiary/aromatic N) is 1. The number of halogens is 1. The Balaban J connectivity index is 0.00000484. The highest BCUT2D eigenvalue weighted by molar-refractivity contribution is 5.96. The molecule has 4 N–H and O–H groups in total. The third-order valence-corrected chi connectivity index (χ3v) is 3.49. The highest BCUT2D eigenvalue weighted by atomic mass is 35.5. The van der Waals surface area contributed by atoms with Crippen LogP contribution in [0, 0.1) is 5.92 Å². The molecular weight excluding hydrogens is 318 g/mol. The molecule has 0 aliphatic carbocycles. The van der Waals surface area contributed by atoms with Crippen LogP contribution in [0.1, 0.15) is 30.6 Å². The average molecular weight is 344 g/mol. The van der Waals surface area contributed by atoms with E-state index in [1.54, 1.807) is 36.2 Å². The van der Waals surface area contributed by atoms with E-state index in [4.69, 9.17) is 16.2 Å². The number of nitrogens with two attached hydrogens (primary N) is 2. The molecule has 0 aliphatic heterocycles. The second kappa shape index (κ2) is 10.1. The molecule has 0 fully saturated rings. The van der Waals surface area contributed by atoms with Gasteiger partial charge in [0.2, 0.25) is 0 Å². The van der Waals surface area contributed by atoms with Gasteiger partial charge in [0.05, 0.1) is 5.56 Å².